The second-order valence-corrected chi connectivity index (χ2v) is 4.92. The van der Waals surface area contributed by atoms with Gasteiger partial charge in [-0.05, 0) is 6.07 Å². The summed E-state index contributed by atoms with van der Waals surface area (Å²) in [4.78, 5) is 24.0. The van der Waals surface area contributed by atoms with Crippen LogP contribution in [-0.2, 0) is 23.8 Å². The van der Waals surface area contributed by atoms with Gasteiger partial charge in [0.1, 0.15) is 17.2 Å². The molecular weight excluding hydrogens is 276 g/mol. The van der Waals surface area contributed by atoms with E-state index in [2.05, 4.69) is 4.74 Å². The molecule has 1 aromatic carbocycles. The van der Waals surface area contributed by atoms with Gasteiger partial charge in [-0.3, -0.25) is 0 Å². The number of para-hydroxylation sites is 1. The van der Waals surface area contributed by atoms with Gasteiger partial charge in [0.2, 0.25) is 5.76 Å². The van der Waals surface area contributed by atoms with Crippen LogP contribution < -0.4 is 4.74 Å². The van der Waals surface area contributed by atoms with E-state index in [1.54, 1.807) is 13.0 Å². The van der Waals surface area contributed by atoms with Crippen molar-refractivity contribution in [3.8, 4) is 5.75 Å². The van der Waals surface area contributed by atoms with E-state index in [0.29, 0.717) is 5.75 Å². The lowest BCUT2D eigenvalue weighted by atomic mass is 9.87. The summed E-state index contributed by atoms with van der Waals surface area (Å²) in [5.74, 6) is -2.59. The van der Waals surface area contributed by atoms with E-state index in [-0.39, 0.29) is 11.3 Å². The third kappa shape index (κ3) is 1.79. The lowest BCUT2D eigenvalue weighted by molar-refractivity contribution is -0.155. The number of rotatable bonds is 2. The van der Waals surface area contributed by atoms with Crippen LogP contribution in [0.25, 0.3) is 0 Å². The second-order valence-electron chi connectivity index (χ2n) is 4.92. The van der Waals surface area contributed by atoms with E-state index < -0.39 is 23.6 Å². The Morgan fingerprint density at radius 2 is 1.76 bits per heavy atom. The Kier molecular flexibility index (Phi) is 2.90. The average molecular weight is 290 g/mol. The van der Waals surface area contributed by atoms with Gasteiger partial charge in [-0.25, -0.2) is 9.59 Å². The first-order valence-corrected chi connectivity index (χ1v) is 6.39. The number of carbonyl (C=O) groups excluding carboxylic acids is 2. The van der Waals surface area contributed by atoms with E-state index in [4.69, 9.17) is 14.2 Å². The molecule has 21 heavy (non-hydrogen) atoms. The quantitative estimate of drug-likeness (QED) is 0.769. The Morgan fingerprint density at radius 1 is 1.10 bits per heavy atom. The van der Waals surface area contributed by atoms with Gasteiger partial charge < -0.3 is 18.9 Å². The van der Waals surface area contributed by atoms with Crippen LogP contribution in [0.3, 0.4) is 0 Å². The zero-order chi connectivity index (χ0) is 15.2. The van der Waals surface area contributed by atoms with Crippen molar-refractivity contribution in [2.24, 2.45) is 0 Å². The topological polar surface area (TPSA) is 71.1 Å². The van der Waals surface area contributed by atoms with Crippen LogP contribution in [0.4, 0.5) is 0 Å². The number of carbonyl (C=O) groups is 2. The molecule has 0 aromatic heterocycles. The molecule has 0 fully saturated rings. The zero-order valence-electron chi connectivity index (χ0n) is 11.8. The monoisotopic (exact) mass is 290 g/mol. The van der Waals surface area contributed by atoms with Gasteiger partial charge in [0, 0.05) is 12.5 Å². The summed E-state index contributed by atoms with van der Waals surface area (Å²) in [6.07, 6.45) is 0. The number of benzene rings is 1. The largest absolute Gasteiger partial charge is 0.466 e. The van der Waals surface area contributed by atoms with Gasteiger partial charge in [0.05, 0.1) is 14.2 Å². The fourth-order valence-corrected chi connectivity index (χ4v) is 2.82. The van der Waals surface area contributed by atoms with Gasteiger partial charge >= 0.3 is 11.9 Å². The van der Waals surface area contributed by atoms with Crippen molar-refractivity contribution >= 4 is 11.9 Å². The van der Waals surface area contributed by atoms with Crippen LogP contribution in [-0.4, -0.2) is 31.9 Å². The number of methoxy groups -OCH3 is 2. The molecule has 110 valence electrons. The van der Waals surface area contributed by atoms with Crippen molar-refractivity contribution < 1.29 is 28.5 Å². The maximum absolute atomic E-state index is 12.1. The Balaban J connectivity index is 2.18. The third-order valence-electron chi connectivity index (χ3n) is 3.68. The lowest BCUT2D eigenvalue weighted by Crippen LogP contribution is -2.34. The maximum Gasteiger partial charge on any atom is 0.374 e. The highest BCUT2D eigenvalue weighted by Crippen LogP contribution is 2.54. The molecule has 3 rings (SSSR count). The molecule has 2 unspecified atom stereocenters. The Hall–Kier alpha value is -2.50. The molecule has 2 aliphatic heterocycles. The average Bonchev–Trinajstić information content (AvgIpc) is 2.94. The molecule has 1 aromatic rings. The van der Waals surface area contributed by atoms with Gasteiger partial charge in [-0.1, -0.05) is 18.2 Å². The normalized spacial score (nSPS) is 25.6. The summed E-state index contributed by atoms with van der Waals surface area (Å²) in [5, 5.41) is 0. The first-order valence-electron chi connectivity index (χ1n) is 6.39. The van der Waals surface area contributed by atoms with Crippen LogP contribution >= 0.6 is 0 Å². The molecule has 6 heteroatoms. The molecule has 0 radical (unpaired) electrons. The molecule has 0 saturated carbocycles. The van der Waals surface area contributed by atoms with Gasteiger partial charge in [-0.2, -0.15) is 0 Å². The smallest absolute Gasteiger partial charge is 0.374 e. The predicted octanol–water partition coefficient (Wildman–Crippen LogP) is 1.51. The SMILES string of the molecule is COC(=O)C1=C(C(=O)OC)C2c3ccccc3OC2(C)O1. The van der Waals surface area contributed by atoms with E-state index in [1.807, 2.05) is 18.2 Å². The Bertz CT molecular complexity index is 662. The van der Waals surface area contributed by atoms with Crippen LogP contribution in [0.2, 0.25) is 0 Å². The summed E-state index contributed by atoms with van der Waals surface area (Å²) in [6.45, 7) is 1.68. The van der Waals surface area contributed by atoms with Gasteiger partial charge in [0.25, 0.3) is 5.79 Å². The van der Waals surface area contributed by atoms with Crippen LogP contribution in [0.5, 0.6) is 5.75 Å². The highest BCUT2D eigenvalue weighted by atomic mass is 16.7. The van der Waals surface area contributed by atoms with Crippen LogP contribution in [0.1, 0.15) is 18.4 Å². The number of fused-ring (bicyclic) bond motifs is 3. The van der Waals surface area contributed by atoms with Crippen molar-refractivity contribution in [1.29, 1.82) is 0 Å². The van der Waals surface area contributed by atoms with Crippen molar-refractivity contribution in [3.05, 3.63) is 41.2 Å². The number of ether oxygens (including phenoxy) is 4. The first-order chi connectivity index (χ1) is 10.0. The molecule has 6 nitrogen and oxygen atoms in total. The summed E-state index contributed by atoms with van der Waals surface area (Å²) in [7, 11) is 2.47. The number of hydrogen-bond acceptors (Lipinski definition) is 6. The number of esters is 2. The summed E-state index contributed by atoms with van der Waals surface area (Å²) >= 11 is 0. The summed E-state index contributed by atoms with van der Waals surface area (Å²) < 4.78 is 20.9. The zero-order valence-corrected chi connectivity index (χ0v) is 11.8. The fourth-order valence-electron chi connectivity index (χ4n) is 2.82. The highest BCUT2D eigenvalue weighted by molar-refractivity contribution is 6.01. The minimum Gasteiger partial charge on any atom is -0.466 e. The first kappa shape index (κ1) is 13.5. The van der Waals surface area contributed by atoms with Crippen LogP contribution in [0.15, 0.2) is 35.6 Å². The molecular formula is C15H14O6. The molecule has 0 N–H and O–H groups in total. The van der Waals surface area contributed by atoms with E-state index in [1.165, 1.54) is 14.2 Å². The number of hydrogen-bond donors (Lipinski definition) is 0. The minimum absolute atomic E-state index is 0.122. The molecule has 2 heterocycles. The lowest BCUT2D eigenvalue weighted by Gasteiger charge is -2.24. The molecule has 2 aliphatic rings. The van der Waals surface area contributed by atoms with Gasteiger partial charge in [-0.15, -0.1) is 0 Å². The van der Waals surface area contributed by atoms with E-state index >= 15 is 0 Å². The molecule has 0 amide bonds. The van der Waals surface area contributed by atoms with Crippen molar-refractivity contribution in [3.63, 3.8) is 0 Å². The Labute approximate surface area is 121 Å². The predicted molar refractivity (Wildman–Crippen MR) is 70.4 cm³/mol. The van der Waals surface area contributed by atoms with Gasteiger partial charge in [0.15, 0.2) is 0 Å². The molecule has 0 spiro atoms. The molecule has 0 bridgehead atoms. The fraction of sp³-hybridized carbons (Fsp3) is 0.333. The molecule has 0 saturated heterocycles. The van der Waals surface area contributed by atoms with Crippen molar-refractivity contribution in [1.82, 2.24) is 0 Å². The molecule has 2 atom stereocenters. The van der Waals surface area contributed by atoms with E-state index in [9.17, 15) is 9.59 Å². The summed E-state index contributed by atoms with van der Waals surface area (Å²) in [5.41, 5.74) is 0.899. The summed E-state index contributed by atoms with van der Waals surface area (Å²) in [6, 6.07) is 7.28. The third-order valence-corrected chi connectivity index (χ3v) is 3.68. The van der Waals surface area contributed by atoms with Crippen molar-refractivity contribution in [2.75, 3.05) is 14.2 Å². The Morgan fingerprint density at radius 3 is 2.43 bits per heavy atom. The standard InChI is InChI=1S/C15H14O6/c1-15-11(8-6-4-5-7-9(8)20-15)10(13(16)18-2)12(21-15)14(17)19-3/h4-7,11H,1-3H3. The highest BCUT2D eigenvalue weighted by Gasteiger charge is 2.58. The van der Waals surface area contributed by atoms with Crippen molar-refractivity contribution in [2.45, 2.75) is 18.6 Å². The second kappa shape index (κ2) is 4.51. The van der Waals surface area contributed by atoms with Crippen LogP contribution in [0, 0.1) is 0 Å². The minimum atomic E-state index is -1.16. The van der Waals surface area contributed by atoms with E-state index in [0.717, 1.165) is 5.56 Å². The maximum atomic E-state index is 12.1. The molecule has 0 aliphatic carbocycles.